The van der Waals surface area contributed by atoms with Gasteiger partial charge in [0.25, 0.3) is 0 Å². The number of hydrogen-bond acceptors (Lipinski definition) is 3. The van der Waals surface area contributed by atoms with E-state index >= 15 is 0 Å². The highest BCUT2D eigenvalue weighted by molar-refractivity contribution is 7.15. The summed E-state index contributed by atoms with van der Waals surface area (Å²) in [7, 11) is 0. The molecule has 0 saturated carbocycles. The molecule has 104 valence electrons. The second-order valence-electron chi connectivity index (χ2n) is 5.29. The molecule has 2 aromatic heterocycles. The number of benzene rings is 1. The van der Waals surface area contributed by atoms with E-state index in [9.17, 15) is 0 Å². The van der Waals surface area contributed by atoms with Crippen LogP contribution in [0.1, 0.15) is 28.2 Å². The summed E-state index contributed by atoms with van der Waals surface area (Å²) in [5, 5.41) is 5.66. The molecule has 0 aliphatic rings. The van der Waals surface area contributed by atoms with E-state index in [0.717, 1.165) is 22.9 Å². The van der Waals surface area contributed by atoms with Gasteiger partial charge >= 0.3 is 0 Å². The Morgan fingerprint density at radius 2 is 1.95 bits per heavy atom. The summed E-state index contributed by atoms with van der Waals surface area (Å²) in [6, 6.07) is 6.49. The topological polar surface area (TPSA) is 29.3 Å². The van der Waals surface area contributed by atoms with Gasteiger partial charge in [-0.25, -0.2) is 4.98 Å². The molecule has 0 saturated heterocycles. The van der Waals surface area contributed by atoms with E-state index in [2.05, 4.69) is 66.0 Å². The number of imidazole rings is 1. The molecule has 0 bridgehead atoms. The van der Waals surface area contributed by atoms with E-state index < -0.39 is 0 Å². The van der Waals surface area contributed by atoms with Crippen molar-refractivity contribution in [1.29, 1.82) is 0 Å². The largest absolute Gasteiger partial charge is 0.379 e. The number of fused-ring (bicyclic) bond motifs is 1. The van der Waals surface area contributed by atoms with Gasteiger partial charge in [0.05, 0.1) is 17.9 Å². The minimum atomic E-state index is 0.799. The van der Waals surface area contributed by atoms with Gasteiger partial charge in [-0.15, -0.1) is 11.3 Å². The van der Waals surface area contributed by atoms with Gasteiger partial charge in [0.2, 0.25) is 0 Å². The Morgan fingerprint density at radius 3 is 2.70 bits per heavy atom. The van der Waals surface area contributed by atoms with E-state index in [1.807, 2.05) is 0 Å². The number of hydrogen-bond donors (Lipinski definition) is 1. The van der Waals surface area contributed by atoms with Gasteiger partial charge in [-0.1, -0.05) is 6.07 Å². The molecule has 3 rings (SSSR count). The smallest absolute Gasteiger partial charge is 0.194 e. The highest BCUT2D eigenvalue weighted by Crippen LogP contribution is 2.22. The van der Waals surface area contributed by atoms with Crippen LogP contribution in [0.4, 0.5) is 5.69 Å². The lowest BCUT2D eigenvalue weighted by Crippen LogP contribution is -2.05. The second-order valence-corrected chi connectivity index (χ2v) is 6.13. The SMILES string of the molecule is Cc1ccc(NCc2c(C)nc3scc(C)n23)cc1C. The number of thiazole rings is 1. The van der Waals surface area contributed by atoms with Gasteiger partial charge in [0.15, 0.2) is 4.96 Å². The molecule has 2 heterocycles. The van der Waals surface area contributed by atoms with E-state index in [-0.39, 0.29) is 0 Å². The minimum absolute atomic E-state index is 0.799. The first-order valence-electron chi connectivity index (χ1n) is 6.79. The molecule has 0 amide bonds. The fourth-order valence-electron chi connectivity index (χ4n) is 2.41. The molecular weight excluding hydrogens is 266 g/mol. The van der Waals surface area contributed by atoms with Crippen molar-refractivity contribution in [3.8, 4) is 0 Å². The molecule has 0 spiro atoms. The number of aryl methyl sites for hydroxylation is 4. The lowest BCUT2D eigenvalue weighted by Gasteiger charge is -2.09. The van der Waals surface area contributed by atoms with Crippen molar-refractivity contribution in [3.63, 3.8) is 0 Å². The molecule has 20 heavy (non-hydrogen) atoms. The van der Waals surface area contributed by atoms with Crippen molar-refractivity contribution < 1.29 is 0 Å². The van der Waals surface area contributed by atoms with Crippen molar-refractivity contribution >= 4 is 22.0 Å². The Bertz CT molecular complexity index is 767. The predicted octanol–water partition coefficient (Wildman–Crippen LogP) is 4.24. The van der Waals surface area contributed by atoms with Crippen LogP contribution >= 0.6 is 11.3 Å². The van der Waals surface area contributed by atoms with Crippen LogP contribution in [0.3, 0.4) is 0 Å². The van der Waals surface area contributed by atoms with E-state index in [1.54, 1.807) is 11.3 Å². The molecule has 3 aromatic rings. The average molecular weight is 285 g/mol. The van der Waals surface area contributed by atoms with Crippen LogP contribution < -0.4 is 5.32 Å². The molecule has 1 aromatic carbocycles. The van der Waals surface area contributed by atoms with Gasteiger partial charge in [0.1, 0.15) is 0 Å². The third-order valence-corrected chi connectivity index (χ3v) is 4.74. The minimum Gasteiger partial charge on any atom is -0.379 e. The highest BCUT2D eigenvalue weighted by Gasteiger charge is 2.11. The number of nitrogens with one attached hydrogen (secondary N) is 1. The lowest BCUT2D eigenvalue weighted by molar-refractivity contribution is 0.966. The van der Waals surface area contributed by atoms with Crippen LogP contribution in [0, 0.1) is 27.7 Å². The average Bonchev–Trinajstić information content (AvgIpc) is 2.91. The normalized spacial score (nSPS) is 11.2. The van der Waals surface area contributed by atoms with Crippen LogP contribution in [0.15, 0.2) is 23.6 Å². The molecule has 0 unspecified atom stereocenters. The molecular formula is C16H19N3S. The van der Waals surface area contributed by atoms with E-state index in [0.29, 0.717) is 0 Å². The first-order valence-corrected chi connectivity index (χ1v) is 7.67. The molecule has 0 atom stereocenters. The number of anilines is 1. The Labute approximate surface area is 123 Å². The van der Waals surface area contributed by atoms with E-state index in [1.165, 1.54) is 22.5 Å². The van der Waals surface area contributed by atoms with Gasteiger partial charge in [0, 0.05) is 16.8 Å². The predicted molar refractivity (Wildman–Crippen MR) is 85.8 cm³/mol. The molecule has 0 radical (unpaired) electrons. The summed E-state index contributed by atoms with van der Waals surface area (Å²) in [4.78, 5) is 5.70. The van der Waals surface area contributed by atoms with Crippen LogP contribution in [0.25, 0.3) is 4.96 Å². The Hall–Kier alpha value is -1.81. The summed E-state index contributed by atoms with van der Waals surface area (Å²) in [5.74, 6) is 0. The van der Waals surface area contributed by atoms with Gasteiger partial charge < -0.3 is 5.32 Å². The summed E-state index contributed by atoms with van der Waals surface area (Å²) >= 11 is 1.70. The maximum atomic E-state index is 4.62. The van der Waals surface area contributed by atoms with Gasteiger partial charge in [-0.3, -0.25) is 4.40 Å². The molecule has 0 aliphatic carbocycles. The third kappa shape index (κ3) is 2.20. The second kappa shape index (κ2) is 4.94. The first-order chi connectivity index (χ1) is 9.56. The molecule has 0 fully saturated rings. The Balaban J connectivity index is 1.88. The summed E-state index contributed by atoms with van der Waals surface area (Å²) in [5.41, 5.74) is 7.41. The third-order valence-electron chi connectivity index (χ3n) is 3.80. The van der Waals surface area contributed by atoms with Crippen LogP contribution in [0.5, 0.6) is 0 Å². The molecule has 0 aliphatic heterocycles. The zero-order valence-corrected chi connectivity index (χ0v) is 13.1. The summed E-state index contributed by atoms with van der Waals surface area (Å²) in [6.45, 7) is 9.29. The lowest BCUT2D eigenvalue weighted by atomic mass is 10.1. The maximum absolute atomic E-state index is 4.62. The zero-order valence-electron chi connectivity index (χ0n) is 12.3. The zero-order chi connectivity index (χ0) is 14.3. The van der Waals surface area contributed by atoms with Gasteiger partial charge in [-0.2, -0.15) is 0 Å². The highest BCUT2D eigenvalue weighted by atomic mass is 32.1. The Kier molecular flexibility index (Phi) is 3.26. The maximum Gasteiger partial charge on any atom is 0.194 e. The van der Waals surface area contributed by atoms with Crippen molar-refractivity contribution in [2.75, 3.05) is 5.32 Å². The van der Waals surface area contributed by atoms with Crippen LogP contribution in [-0.2, 0) is 6.54 Å². The Morgan fingerprint density at radius 1 is 1.15 bits per heavy atom. The van der Waals surface area contributed by atoms with Crippen molar-refractivity contribution in [2.45, 2.75) is 34.2 Å². The van der Waals surface area contributed by atoms with Crippen molar-refractivity contribution in [3.05, 3.63) is 51.8 Å². The fraction of sp³-hybridized carbons (Fsp3) is 0.312. The summed E-state index contributed by atoms with van der Waals surface area (Å²) < 4.78 is 2.24. The van der Waals surface area contributed by atoms with Crippen LogP contribution in [-0.4, -0.2) is 9.38 Å². The van der Waals surface area contributed by atoms with E-state index in [4.69, 9.17) is 0 Å². The first kappa shape index (κ1) is 13.2. The molecule has 3 nitrogen and oxygen atoms in total. The number of aromatic nitrogens is 2. The number of rotatable bonds is 3. The standard InChI is InChI=1S/C16H19N3S/c1-10-5-6-14(7-11(10)2)17-8-15-13(4)18-16-19(15)12(3)9-20-16/h5-7,9,17H,8H2,1-4H3. The number of nitrogens with zero attached hydrogens (tertiary/aromatic N) is 2. The monoisotopic (exact) mass is 285 g/mol. The molecule has 4 heteroatoms. The molecule has 1 N–H and O–H groups in total. The van der Waals surface area contributed by atoms with Crippen molar-refractivity contribution in [1.82, 2.24) is 9.38 Å². The van der Waals surface area contributed by atoms with Crippen LogP contribution in [0.2, 0.25) is 0 Å². The van der Waals surface area contributed by atoms with Crippen molar-refractivity contribution in [2.24, 2.45) is 0 Å². The summed E-state index contributed by atoms with van der Waals surface area (Å²) in [6.07, 6.45) is 0. The van der Waals surface area contributed by atoms with Gasteiger partial charge in [-0.05, 0) is 51.0 Å². The fourth-order valence-corrected chi connectivity index (χ4v) is 3.34. The quantitative estimate of drug-likeness (QED) is 0.780.